The Morgan fingerprint density at radius 3 is 2.48 bits per heavy atom. The number of cyclic esters (lactones) is 1. The fraction of sp³-hybridized carbons (Fsp3) is 0.488. The molecule has 0 saturated carbocycles. The number of benzene rings is 1. The van der Waals surface area contributed by atoms with Crippen molar-refractivity contribution in [1.82, 2.24) is 35.7 Å². The average Bonchev–Trinajstić information content (AvgIpc) is 3.76. The van der Waals surface area contributed by atoms with Gasteiger partial charge in [-0.05, 0) is 68.4 Å². The molecule has 0 spiro atoms. The van der Waals surface area contributed by atoms with Crippen LogP contribution in [0.15, 0.2) is 35.1 Å². The lowest BCUT2D eigenvalue weighted by Gasteiger charge is -2.31. The molecule has 0 radical (unpaired) electrons. The van der Waals surface area contributed by atoms with Gasteiger partial charge in [0.05, 0.1) is 29.0 Å². The van der Waals surface area contributed by atoms with Crippen molar-refractivity contribution < 1.29 is 52.8 Å². The molecule has 62 heavy (non-hydrogen) atoms. The standard InChI is InChI=1S/C43H52FN7O11/c1-6-43(60)29-15-32-38-25(18-51(32)41(58)28(29)19-62-42(43)59)14-26-27(23(4)30(44)16-31(26)48-38)17-45-34(53)20-61-21-46-39(56)24(5)47-40(57)37(22(2)3)49-33(52)10-8-7-9-13-50-35(54)11-12-36(50)55/h11-12,14-16,22,24,35,37,54,60H,6-10,13,17-21H2,1-5H3,(H,45,53)(H,46,56)(H,47,57)(H,49,52)/t24-,35?,37-,43-/m0/s1. The Morgan fingerprint density at radius 1 is 1.03 bits per heavy atom. The number of amides is 5. The molecule has 3 aliphatic rings. The molecule has 0 aliphatic carbocycles. The quantitative estimate of drug-likeness (QED) is 0.0469. The number of aliphatic hydroxyl groups is 2. The lowest BCUT2D eigenvalue weighted by molar-refractivity contribution is -0.172. The largest absolute Gasteiger partial charge is 0.458 e. The molecule has 5 amide bonds. The Balaban J connectivity index is 0.970. The molecule has 6 N–H and O–H groups in total. The topological polar surface area (TPSA) is 248 Å². The normalized spacial score (nSPS) is 18.5. The lowest BCUT2D eigenvalue weighted by Crippen LogP contribution is -2.54. The number of rotatable bonds is 18. The van der Waals surface area contributed by atoms with E-state index in [1.165, 1.54) is 34.6 Å². The zero-order valence-electron chi connectivity index (χ0n) is 35.3. The number of halogens is 1. The molecule has 19 heteroatoms. The van der Waals surface area contributed by atoms with Crippen molar-refractivity contribution in [3.05, 3.63) is 74.3 Å². The van der Waals surface area contributed by atoms with Crippen molar-refractivity contribution >= 4 is 46.4 Å². The van der Waals surface area contributed by atoms with Crippen LogP contribution in [0.5, 0.6) is 0 Å². The van der Waals surface area contributed by atoms with E-state index in [0.29, 0.717) is 53.7 Å². The van der Waals surface area contributed by atoms with Crippen LogP contribution in [0.25, 0.3) is 22.3 Å². The van der Waals surface area contributed by atoms with Crippen molar-refractivity contribution in [2.75, 3.05) is 19.9 Å². The second-order valence-corrected chi connectivity index (χ2v) is 16.1. The highest BCUT2D eigenvalue weighted by atomic mass is 19.1. The van der Waals surface area contributed by atoms with Crippen LogP contribution in [0.3, 0.4) is 0 Å². The number of esters is 1. The summed E-state index contributed by atoms with van der Waals surface area (Å²) in [6.07, 6.45) is 3.68. The highest BCUT2D eigenvalue weighted by molar-refractivity contribution is 5.93. The molecule has 3 aromatic rings. The van der Waals surface area contributed by atoms with Gasteiger partial charge in [0, 0.05) is 48.2 Å². The van der Waals surface area contributed by atoms with Crippen molar-refractivity contribution in [3.8, 4) is 11.4 Å². The van der Waals surface area contributed by atoms with E-state index in [1.54, 1.807) is 39.8 Å². The number of pyridine rings is 2. The summed E-state index contributed by atoms with van der Waals surface area (Å²) in [5.74, 6) is -4.02. The van der Waals surface area contributed by atoms with Crippen molar-refractivity contribution in [3.63, 3.8) is 0 Å². The number of ether oxygens (including phenoxy) is 2. The third-order valence-electron chi connectivity index (χ3n) is 11.5. The maximum Gasteiger partial charge on any atom is 0.343 e. The van der Waals surface area contributed by atoms with E-state index in [1.807, 2.05) is 0 Å². The van der Waals surface area contributed by atoms with Gasteiger partial charge in [0.2, 0.25) is 29.5 Å². The number of aliphatic hydroxyl groups excluding tert-OH is 1. The van der Waals surface area contributed by atoms with Gasteiger partial charge >= 0.3 is 5.97 Å². The lowest BCUT2D eigenvalue weighted by atomic mass is 9.86. The molecule has 6 rings (SSSR count). The molecule has 332 valence electrons. The minimum atomic E-state index is -1.99. The summed E-state index contributed by atoms with van der Waals surface area (Å²) in [6, 6.07) is 2.70. The number of carbonyl (C=O) groups excluding carboxylic acids is 6. The van der Waals surface area contributed by atoms with Gasteiger partial charge in [0.25, 0.3) is 5.56 Å². The predicted molar refractivity (Wildman–Crippen MR) is 220 cm³/mol. The molecule has 18 nitrogen and oxygen atoms in total. The maximum absolute atomic E-state index is 15.3. The van der Waals surface area contributed by atoms with Crippen LogP contribution in [0.4, 0.5) is 4.39 Å². The number of nitrogens with one attached hydrogen (secondary N) is 4. The smallest absolute Gasteiger partial charge is 0.343 e. The van der Waals surface area contributed by atoms with E-state index in [0.717, 1.165) is 0 Å². The van der Waals surface area contributed by atoms with Gasteiger partial charge < -0.3 is 50.4 Å². The van der Waals surface area contributed by atoms with E-state index >= 15 is 4.39 Å². The zero-order valence-corrected chi connectivity index (χ0v) is 35.3. The van der Waals surface area contributed by atoms with Gasteiger partial charge in [0.1, 0.15) is 44.1 Å². The minimum Gasteiger partial charge on any atom is -0.458 e. The molecule has 1 aromatic carbocycles. The fourth-order valence-electron chi connectivity index (χ4n) is 7.78. The first-order valence-electron chi connectivity index (χ1n) is 20.6. The van der Waals surface area contributed by atoms with E-state index in [2.05, 4.69) is 21.3 Å². The summed E-state index contributed by atoms with van der Waals surface area (Å²) in [7, 11) is 0. The fourth-order valence-corrected chi connectivity index (χ4v) is 7.78. The SMILES string of the molecule is CC[C@@]1(O)C(=O)OCc2c1cc1n(c2=O)Cc2cc3c(CNC(=O)COCNC(=O)[C@H](C)NC(=O)[C@@H](NC(=O)CCCCCN4C(=O)C=CC4O)C(C)C)c(C)c(F)cc3nc2-1. The second kappa shape index (κ2) is 18.9. The Labute approximate surface area is 356 Å². The summed E-state index contributed by atoms with van der Waals surface area (Å²) >= 11 is 0. The molecule has 3 aliphatic heterocycles. The van der Waals surface area contributed by atoms with Crippen LogP contribution in [0.2, 0.25) is 0 Å². The highest BCUT2D eigenvalue weighted by Crippen LogP contribution is 2.39. The van der Waals surface area contributed by atoms with Crippen LogP contribution in [-0.2, 0) is 63.5 Å². The average molecular weight is 862 g/mol. The molecule has 2 aromatic heterocycles. The zero-order chi connectivity index (χ0) is 45.0. The molecule has 4 atom stereocenters. The third kappa shape index (κ3) is 9.39. The molecule has 0 fully saturated rings. The summed E-state index contributed by atoms with van der Waals surface area (Å²) < 4.78 is 27.2. The number of unbranched alkanes of at least 4 members (excludes halogenated alkanes) is 2. The van der Waals surface area contributed by atoms with Crippen molar-refractivity contribution in [2.45, 2.75) is 110 Å². The Bertz CT molecular complexity index is 2400. The van der Waals surface area contributed by atoms with Gasteiger partial charge in [-0.1, -0.05) is 27.2 Å². The van der Waals surface area contributed by atoms with E-state index < -0.39 is 65.6 Å². The van der Waals surface area contributed by atoms with Crippen LogP contribution < -0.4 is 26.8 Å². The number of hydrogen-bond acceptors (Lipinski definition) is 12. The number of fused-ring (bicyclic) bond motifs is 5. The van der Waals surface area contributed by atoms with Gasteiger partial charge in [-0.25, -0.2) is 14.2 Å². The molecule has 0 saturated heterocycles. The first kappa shape index (κ1) is 45.5. The van der Waals surface area contributed by atoms with Gasteiger partial charge in [-0.15, -0.1) is 0 Å². The first-order chi connectivity index (χ1) is 29.4. The van der Waals surface area contributed by atoms with Gasteiger partial charge in [0.15, 0.2) is 5.60 Å². The predicted octanol–water partition coefficient (Wildman–Crippen LogP) is 1.16. The molecule has 5 heterocycles. The van der Waals surface area contributed by atoms with Crippen molar-refractivity contribution in [2.24, 2.45) is 5.92 Å². The number of aromatic nitrogens is 2. The number of carbonyl (C=O) groups is 6. The second-order valence-electron chi connectivity index (χ2n) is 16.1. The Kier molecular flexibility index (Phi) is 13.9. The summed E-state index contributed by atoms with van der Waals surface area (Å²) in [4.78, 5) is 95.1. The summed E-state index contributed by atoms with van der Waals surface area (Å²) in [5, 5.41) is 32.0. The number of nitrogens with zero attached hydrogens (tertiary/aromatic N) is 3. The molecule has 1 unspecified atom stereocenters. The van der Waals surface area contributed by atoms with Crippen LogP contribution in [0, 0.1) is 18.7 Å². The minimum absolute atomic E-state index is 0.0116. The van der Waals surface area contributed by atoms with E-state index in [4.69, 9.17) is 14.5 Å². The third-order valence-corrected chi connectivity index (χ3v) is 11.5. The van der Waals surface area contributed by atoms with E-state index in [9.17, 15) is 43.8 Å². The van der Waals surface area contributed by atoms with Crippen molar-refractivity contribution in [1.29, 1.82) is 0 Å². The molecule has 0 bridgehead atoms. The van der Waals surface area contributed by atoms with Crippen LogP contribution in [0.1, 0.15) is 87.6 Å². The van der Waals surface area contributed by atoms with E-state index in [-0.39, 0.29) is 79.2 Å². The molecular weight excluding hydrogens is 810 g/mol. The summed E-state index contributed by atoms with van der Waals surface area (Å²) in [5.41, 5.74) is 0.334. The highest BCUT2D eigenvalue weighted by Gasteiger charge is 2.45. The first-order valence-corrected chi connectivity index (χ1v) is 20.6. The number of hydrogen-bond donors (Lipinski definition) is 6. The van der Waals surface area contributed by atoms with Crippen LogP contribution in [-0.4, -0.2) is 98.4 Å². The monoisotopic (exact) mass is 861 g/mol. The van der Waals surface area contributed by atoms with Crippen LogP contribution >= 0.6 is 0 Å². The Morgan fingerprint density at radius 2 is 1.79 bits per heavy atom. The maximum atomic E-state index is 15.3. The Hall–Kier alpha value is -6.05. The molecular formula is C43H52FN7O11. The van der Waals surface area contributed by atoms with Gasteiger partial charge in [-0.3, -0.25) is 28.8 Å². The van der Waals surface area contributed by atoms with Gasteiger partial charge in [-0.2, -0.15) is 0 Å². The summed E-state index contributed by atoms with van der Waals surface area (Å²) in [6.45, 7) is 7.45.